The molecular formula is C16H21FN2O2. The summed E-state index contributed by atoms with van der Waals surface area (Å²) in [7, 11) is 0. The van der Waals surface area contributed by atoms with Gasteiger partial charge in [-0.05, 0) is 30.0 Å². The van der Waals surface area contributed by atoms with E-state index in [0.717, 1.165) is 12.0 Å². The van der Waals surface area contributed by atoms with Gasteiger partial charge in [-0.1, -0.05) is 32.4 Å². The maximum atomic E-state index is 12.9. The largest absolute Gasteiger partial charge is 0.342 e. The molecule has 1 aliphatic heterocycles. The zero-order chi connectivity index (χ0) is 15.4. The highest BCUT2D eigenvalue weighted by atomic mass is 19.1. The molecule has 114 valence electrons. The minimum Gasteiger partial charge on any atom is -0.342 e. The molecule has 1 N–H and O–H groups in total. The molecular weight excluding hydrogens is 271 g/mol. The minimum absolute atomic E-state index is 0.0222. The van der Waals surface area contributed by atoms with Gasteiger partial charge in [-0.3, -0.25) is 9.59 Å². The molecule has 0 saturated carbocycles. The van der Waals surface area contributed by atoms with E-state index in [1.165, 1.54) is 12.1 Å². The number of hydrogen-bond donors (Lipinski definition) is 1. The number of carbonyl (C=O) groups is 2. The summed E-state index contributed by atoms with van der Waals surface area (Å²) in [4.78, 5) is 25.7. The summed E-state index contributed by atoms with van der Waals surface area (Å²) in [6.07, 6.45) is 1.45. The van der Waals surface area contributed by atoms with E-state index in [1.54, 1.807) is 17.0 Å². The first-order valence-electron chi connectivity index (χ1n) is 7.34. The van der Waals surface area contributed by atoms with Gasteiger partial charge in [0.1, 0.15) is 11.9 Å². The third-order valence-electron chi connectivity index (χ3n) is 4.03. The van der Waals surface area contributed by atoms with Crippen LogP contribution in [0.25, 0.3) is 0 Å². The number of hydrogen-bond acceptors (Lipinski definition) is 2. The molecule has 1 fully saturated rings. The van der Waals surface area contributed by atoms with Gasteiger partial charge in [0.15, 0.2) is 0 Å². The van der Waals surface area contributed by atoms with Crippen LogP contribution in [-0.2, 0) is 16.0 Å². The van der Waals surface area contributed by atoms with Gasteiger partial charge in [-0.25, -0.2) is 4.39 Å². The summed E-state index contributed by atoms with van der Waals surface area (Å²) in [5.74, 6) is -0.288. The number of nitrogens with one attached hydrogen (secondary N) is 1. The van der Waals surface area contributed by atoms with Crippen LogP contribution in [0.2, 0.25) is 0 Å². The second-order valence-electron chi connectivity index (χ2n) is 5.57. The van der Waals surface area contributed by atoms with Crippen molar-refractivity contribution in [3.05, 3.63) is 35.6 Å². The second-order valence-corrected chi connectivity index (χ2v) is 5.57. The van der Waals surface area contributed by atoms with Crippen molar-refractivity contribution in [1.29, 1.82) is 0 Å². The molecule has 21 heavy (non-hydrogen) atoms. The molecule has 1 aromatic carbocycles. The molecule has 1 aromatic rings. The molecule has 0 aromatic heterocycles. The minimum atomic E-state index is -0.426. The Morgan fingerprint density at radius 3 is 2.62 bits per heavy atom. The highest BCUT2D eigenvalue weighted by Gasteiger charge is 2.34. The van der Waals surface area contributed by atoms with E-state index in [-0.39, 0.29) is 30.1 Å². The summed E-state index contributed by atoms with van der Waals surface area (Å²) in [6, 6.07) is 5.79. The van der Waals surface area contributed by atoms with Crippen LogP contribution < -0.4 is 5.32 Å². The molecule has 1 aliphatic rings. The maximum Gasteiger partial charge on any atom is 0.245 e. The van der Waals surface area contributed by atoms with Crippen molar-refractivity contribution in [1.82, 2.24) is 10.2 Å². The molecule has 2 atom stereocenters. The molecule has 0 radical (unpaired) electrons. The quantitative estimate of drug-likeness (QED) is 0.898. The third-order valence-corrected chi connectivity index (χ3v) is 4.03. The summed E-state index contributed by atoms with van der Waals surface area (Å²) in [6.45, 7) is 4.55. The highest BCUT2D eigenvalue weighted by molar-refractivity contribution is 5.95. The Balaban J connectivity index is 1.99. The molecule has 2 amide bonds. The van der Waals surface area contributed by atoms with Crippen LogP contribution >= 0.6 is 0 Å². The molecule has 5 heteroatoms. The van der Waals surface area contributed by atoms with Gasteiger partial charge in [0, 0.05) is 6.54 Å². The van der Waals surface area contributed by atoms with E-state index >= 15 is 0 Å². The summed E-state index contributed by atoms with van der Waals surface area (Å²) >= 11 is 0. The molecule has 0 spiro atoms. The predicted molar refractivity (Wildman–Crippen MR) is 78.1 cm³/mol. The Morgan fingerprint density at radius 1 is 1.33 bits per heavy atom. The number of amides is 2. The normalized spacial score (nSPS) is 20.3. The van der Waals surface area contributed by atoms with Gasteiger partial charge < -0.3 is 10.2 Å². The van der Waals surface area contributed by atoms with Crippen LogP contribution in [0.5, 0.6) is 0 Å². The van der Waals surface area contributed by atoms with E-state index in [2.05, 4.69) is 5.32 Å². The lowest BCUT2D eigenvalue weighted by molar-refractivity contribution is -0.145. The van der Waals surface area contributed by atoms with Crippen LogP contribution in [0.15, 0.2) is 24.3 Å². The van der Waals surface area contributed by atoms with Gasteiger partial charge in [-0.2, -0.15) is 0 Å². The molecule has 2 rings (SSSR count). The molecule has 1 saturated heterocycles. The first-order valence-corrected chi connectivity index (χ1v) is 7.34. The molecule has 4 nitrogen and oxygen atoms in total. The fourth-order valence-corrected chi connectivity index (χ4v) is 2.45. The lowest BCUT2D eigenvalue weighted by atomic mass is 9.96. The van der Waals surface area contributed by atoms with Crippen molar-refractivity contribution in [3.63, 3.8) is 0 Å². The SMILES string of the molecule is CCC(C)C1NC(=O)CN(CCc2ccc(F)cc2)C1=O. The maximum absolute atomic E-state index is 12.9. The Hall–Kier alpha value is -1.91. The molecule has 0 bridgehead atoms. The van der Waals surface area contributed by atoms with Gasteiger partial charge in [0.05, 0.1) is 6.54 Å². The number of benzene rings is 1. The van der Waals surface area contributed by atoms with Crippen molar-refractivity contribution < 1.29 is 14.0 Å². The third kappa shape index (κ3) is 3.80. The van der Waals surface area contributed by atoms with Crippen LogP contribution in [-0.4, -0.2) is 35.8 Å². The van der Waals surface area contributed by atoms with Crippen LogP contribution in [0.3, 0.4) is 0 Å². The van der Waals surface area contributed by atoms with Crippen LogP contribution in [0, 0.1) is 11.7 Å². The highest BCUT2D eigenvalue weighted by Crippen LogP contribution is 2.15. The smallest absolute Gasteiger partial charge is 0.245 e. The van der Waals surface area contributed by atoms with E-state index < -0.39 is 6.04 Å². The number of carbonyl (C=O) groups excluding carboxylic acids is 2. The Kier molecular flexibility index (Phi) is 4.94. The van der Waals surface area contributed by atoms with Gasteiger partial charge >= 0.3 is 0 Å². The van der Waals surface area contributed by atoms with Crippen molar-refractivity contribution in [2.45, 2.75) is 32.7 Å². The van der Waals surface area contributed by atoms with Crippen molar-refractivity contribution in [3.8, 4) is 0 Å². The fourth-order valence-electron chi connectivity index (χ4n) is 2.45. The lowest BCUT2D eigenvalue weighted by Gasteiger charge is -2.35. The average molecular weight is 292 g/mol. The van der Waals surface area contributed by atoms with Crippen molar-refractivity contribution in [2.24, 2.45) is 5.92 Å². The van der Waals surface area contributed by atoms with E-state index in [4.69, 9.17) is 0 Å². The molecule has 2 unspecified atom stereocenters. The number of nitrogens with zero attached hydrogens (tertiary/aromatic N) is 1. The van der Waals surface area contributed by atoms with E-state index in [1.807, 2.05) is 13.8 Å². The zero-order valence-electron chi connectivity index (χ0n) is 12.4. The Morgan fingerprint density at radius 2 is 2.00 bits per heavy atom. The van der Waals surface area contributed by atoms with E-state index in [9.17, 15) is 14.0 Å². The van der Waals surface area contributed by atoms with Crippen LogP contribution in [0.1, 0.15) is 25.8 Å². The van der Waals surface area contributed by atoms with Gasteiger partial charge in [0.25, 0.3) is 0 Å². The topological polar surface area (TPSA) is 49.4 Å². The Bertz CT molecular complexity index is 516. The first kappa shape index (κ1) is 15.5. The van der Waals surface area contributed by atoms with E-state index in [0.29, 0.717) is 13.0 Å². The summed E-state index contributed by atoms with van der Waals surface area (Å²) < 4.78 is 12.9. The summed E-state index contributed by atoms with van der Waals surface area (Å²) in [5.41, 5.74) is 0.954. The predicted octanol–water partition coefficient (Wildman–Crippen LogP) is 1.74. The van der Waals surface area contributed by atoms with Crippen LogP contribution in [0.4, 0.5) is 4.39 Å². The average Bonchev–Trinajstić information content (AvgIpc) is 2.48. The molecule has 1 heterocycles. The number of rotatable bonds is 5. The lowest BCUT2D eigenvalue weighted by Crippen LogP contribution is -2.60. The summed E-state index contributed by atoms with van der Waals surface area (Å²) in [5, 5.41) is 2.77. The number of halogens is 1. The van der Waals surface area contributed by atoms with Gasteiger partial charge in [0.2, 0.25) is 11.8 Å². The standard InChI is InChI=1S/C16H21FN2O2/c1-3-11(2)15-16(21)19(10-14(20)18-15)9-8-12-4-6-13(17)7-5-12/h4-7,11,15H,3,8-10H2,1-2H3,(H,18,20). The van der Waals surface area contributed by atoms with Gasteiger partial charge in [-0.15, -0.1) is 0 Å². The molecule has 0 aliphatic carbocycles. The van der Waals surface area contributed by atoms with Crippen molar-refractivity contribution >= 4 is 11.8 Å². The Labute approximate surface area is 124 Å². The number of piperazine rings is 1. The fraction of sp³-hybridized carbons (Fsp3) is 0.500. The monoisotopic (exact) mass is 292 g/mol. The zero-order valence-corrected chi connectivity index (χ0v) is 12.4. The first-order chi connectivity index (χ1) is 10.0. The second kappa shape index (κ2) is 6.70. The van der Waals surface area contributed by atoms with Crippen molar-refractivity contribution in [2.75, 3.05) is 13.1 Å².